The van der Waals surface area contributed by atoms with Crippen molar-refractivity contribution in [2.45, 2.75) is 0 Å². The fraction of sp³-hybridized carbons (Fsp3) is 0. The largest absolute Gasteiger partial charge is 0.507 e. The molecule has 1 amide bonds. The van der Waals surface area contributed by atoms with Crippen LogP contribution in [0.3, 0.4) is 0 Å². The van der Waals surface area contributed by atoms with Gasteiger partial charge in [0.1, 0.15) is 10.4 Å². The van der Waals surface area contributed by atoms with Gasteiger partial charge < -0.3 is 10.4 Å². The maximum absolute atomic E-state index is 11.8. The van der Waals surface area contributed by atoms with Crippen molar-refractivity contribution in [2.24, 2.45) is 0 Å². The van der Waals surface area contributed by atoms with E-state index < -0.39 is 0 Å². The van der Waals surface area contributed by atoms with Crippen LogP contribution < -0.4 is 5.32 Å². The summed E-state index contributed by atoms with van der Waals surface area (Å²) < 4.78 is 1.12. The molecule has 1 aromatic heterocycles. The molecule has 0 spiro atoms. The van der Waals surface area contributed by atoms with E-state index in [9.17, 15) is 9.90 Å². The van der Waals surface area contributed by atoms with E-state index in [1.54, 1.807) is 12.1 Å². The first-order valence-electron chi connectivity index (χ1n) is 4.83. The second kappa shape index (κ2) is 5.45. The van der Waals surface area contributed by atoms with Crippen LogP contribution >= 0.6 is 31.9 Å². The van der Waals surface area contributed by atoms with E-state index in [-0.39, 0.29) is 11.7 Å². The molecule has 18 heavy (non-hydrogen) atoms. The van der Waals surface area contributed by atoms with Crippen molar-refractivity contribution in [3.05, 3.63) is 45.2 Å². The third-order valence-electron chi connectivity index (χ3n) is 2.07. The number of carbonyl (C=O) groups is 1. The second-order valence-corrected chi connectivity index (χ2v) is 5.01. The van der Waals surface area contributed by atoms with Gasteiger partial charge in [0.2, 0.25) is 0 Å². The average molecular weight is 373 g/mol. The molecular weight excluding hydrogens is 366 g/mol. The molecule has 2 rings (SSSR count). The van der Waals surface area contributed by atoms with Crippen LogP contribution in [-0.2, 0) is 0 Å². The van der Waals surface area contributed by atoms with E-state index in [4.69, 9.17) is 0 Å². The van der Waals surface area contributed by atoms with Crippen LogP contribution in [0.2, 0.25) is 0 Å². The van der Waals surface area contributed by atoms with E-state index in [0.29, 0.717) is 20.5 Å². The lowest BCUT2D eigenvalue weighted by atomic mass is 10.2. The summed E-state index contributed by atoms with van der Waals surface area (Å²) in [6.07, 6.45) is 2.91. The molecule has 0 aliphatic heterocycles. The Morgan fingerprint density at radius 1 is 1.22 bits per heavy atom. The van der Waals surface area contributed by atoms with Crippen molar-refractivity contribution in [3.8, 4) is 5.75 Å². The number of benzene rings is 1. The summed E-state index contributed by atoms with van der Waals surface area (Å²) >= 11 is 6.29. The lowest BCUT2D eigenvalue weighted by Crippen LogP contribution is -2.13. The van der Waals surface area contributed by atoms with Crippen LogP contribution in [0.15, 0.2) is 39.7 Å². The molecule has 1 heterocycles. The molecule has 0 atom stereocenters. The zero-order valence-electron chi connectivity index (χ0n) is 8.89. The second-order valence-electron chi connectivity index (χ2n) is 3.34. The molecular formula is C11H7Br2N3O2. The van der Waals surface area contributed by atoms with Crippen molar-refractivity contribution >= 4 is 43.6 Å². The summed E-state index contributed by atoms with van der Waals surface area (Å²) in [4.78, 5) is 19.8. The lowest BCUT2D eigenvalue weighted by molar-refractivity contribution is 0.102. The summed E-state index contributed by atoms with van der Waals surface area (Å²) in [6, 6.07) is 4.55. The summed E-state index contributed by atoms with van der Waals surface area (Å²) in [5, 5.41) is 12.1. The zero-order valence-corrected chi connectivity index (χ0v) is 12.1. The molecule has 92 valence electrons. The number of nitrogens with one attached hydrogen (secondary N) is 1. The van der Waals surface area contributed by atoms with Crippen molar-refractivity contribution in [3.63, 3.8) is 0 Å². The highest BCUT2D eigenvalue weighted by atomic mass is 79.9. The number of phenolic OH excluding ortho intramolecular Hbond substituents is 1. The van der Waals surface area contributed by atoms with Gasteiger partial charge in [0.15, 0.2) is 5.82 Å². The predicted octanol–water partition coefficient (Wildman–Crippen LogP) is 2.96. The molecule has 0 saturated heterocycles. The molecule has 0 aliphatic rings. The first kappa shape index (κ1) is 13.0. The molecule has 0 aliphatic carbocycles. The fourth-order valence-electron chi connectivity index (χ4n) is 1.22. The number of carbonyl (C=O) groups excluding carboxylic acids is 1. The Morgan fingerprint density at radius 2 is 2.00 bits per heavy atom. The third kappa shape index (κ3) is 3.05. The minimum absolute atomic E-state index is 0.00420. The van der Waals surface area contributed by atoms with Crippen LogP contribution in [0.1, 0.15) is 10.4 Å². The van der Waals surface area contributed by atoms with Gasteiger partial charge in [0, 0.05) is 5.56 Å². The third-order valence-corrected chi connectivity index (χ3v) is 3.15. The highest BCUT2D eigenvalue weighted by Crippen LogP contribution is 2.24. The van der Waals surface area contributed by atoms with Gasteiger partial charge in [0.05, 0.1) is 16.9 Å². The molecule has 2 aromatic rings. The topological polar surface area (TPSA) is 75.1 Å². The molecule has 2 N–H and O–H groups in total. The molecule has 0 bridgehead atoms. The summed E-state index contributed by atoms with van der Waals surface area (Å²) in [7, 11) is 0. The highest BCUT2D eigenvalue weighted by Gasteiger charge is 2.09. The first-order chi connectivity index (χ1) is 8.56. The molecule has 0 saturated carbocycles. The van der Waals surface area contributed by atoms with Gasteiger partial charge >= 0.3 is 0 Å². The monoisotopic (exact) mass is 371 g/mol. The molecule has 5 nitrogen and oxygen atoms in total. The Bertz CT molecular complexity index is 587. The number of hydrogen-bond donors (Lipinski definition) is 2. The highest BCUT2D eigenvalue weighted by molar-refractivity contribution is 9.10. The number of nitrogens with zero attached hydrogens (tertiary/aromatic N) is 2. The number of phenols is 1. The maximum Gasteiger partial charge on any atom is 0.256 e. The van der Waals surface area contributed by atoms with Crippen molar-refractivity contribution in [1.29, 1.82) is 0 Å². The summed E-state index contributed by atoms with van der Waals surface area (Å²) in [5.41, 5.74) is 0.334. The van der Waals surface area contributed by atoms with Gasteiger partial charge in [-0.05, 0) is 50.1 Å². The number of hydrogen-bond acceptors (Lipinski definition) is 4. The Morgan fingerprint density at radius 3 is 2.61 bits per heavy atom. The van der Waals surface area contributed by atoms with Gasteiger partial charge in [-0.1, -0.05) is 0 Å². The normalized spacial score (nSPS) is 10.1. The molecule has 0 fully saturated rings. The van der Waals surface area contributed by atoms with Gasteiger partial charge in [-0.2, -0.15) is 0 Å². The Labute approximate surface area is 120 Å². The Hall–Kier alpha value is -1.47. The lowest BCUT2D eigenvalue weighted by Gasteiger charge is -2.05. The van der Waals surface area contributed by atoms with Crippen molar-refractivity contribution < 1.29 is 9.90 Å². The average Bonchev–Trinajstić information content (AvgIpc) is 2.35. The zero-order chi connectivity index (χ0) is 13.1. The van der Waals surface area contributed by atoms with Crippen LogP contribution in [-0.4, -0.2) is 21.0 Å². The molecule has 1 aromatic carbocycles. The fourth-order valence-corrected chi connectivity index (χ4v) is 1.67. The number of halogens is 2. The first-order valence-corrected chi connectivity index (χ1v) is 6.42. The van der Waals surface area contributed by atoms with Crippen LogP contribution in [0.5, 0.6) is 5.75 Å². The van der Waals surface area contributed by atoms with Gasteiger partial charge in [0.25, 0.3) is 5.91 Å². The number of aromatic nitrogens is 2. The number of aromatic hydroxyl groups is 1. The summed E-state index contributed by atoms with van der Waals surface area (Å²) in [6.45, 7) is 0. The van der Waals surface area contributed by atoms with Crippen LogP contribution in [0.4, 0.5) is 5.82 Å². The minimum atomic E-state index is -0.366. The summed E-state index contributed by atoms with van der Waals surface area (Å²) in [5.74, 6) is -0.0235. The van der Waals surface area contributed by atoms with Gasteiger partial charge in [-0.15, -0.1) is 0 Å². The van der Waals surface area contributed by atoms with E-state index in [1.807, 2.05) is 0 Å². The smallest absolute Gasteiger partial charge is 0.256 e. The minimum Gasteiger partial charge on any atom is -0.507 e. The number of rotatable bonds is 2. The number of anilines is 1. The molecule has 0 radical (unpaired) electrons. The van der Waals surface area contributed by atoms with Gasteiger partial charge in [-0.3, -0.25) is 4.79 Å². The van der Waals surface area contributed by atoms with Crippen LogP contribution in [0, 0.1) is 0 Å². The quantitative estimate of drug-likeness (QED) is 0.849. The SMILES string of the molecule is O=C(Nc1cnc(Br)cn1)c1ccc(Br)c(O)c1. The van der Waals surface area contributed by atoms with E-state index in [0.717, 1.165) is 0 Å². The van der Waals surface area contributed by atoms with Crippen molar-refractivity contribution in [2.75, 3.05) is 5.32 Å². The molecule has 0 unspecified atom stereocenters. The van der Waals surface area contributed by atoms with E-state index >= 15 is 0 Å². The molecule has 7 heteroatoms. The van der Waals surface area contributed by atoms with E-state index in [2.05, 4.69) is 47.1 Å². The van der Waals surface area contributed by atoms with Crippen LogP contribution in [0.25, 0.3) is 0 Å². The predicted molar refractivity (Wildman–Crippen MR) is 73.5 cm³/mol. The Kier molecular flexibility index (Phi) is 3.93. The maximum atomic E-state index is 11.8. The van der Waals surface area contributed by atoms with Gasteiger partial charge in [-0.25, -0.2) is 9.97 Å². The standard InChI is InChI=1S/C11H7Br2N3O2/c12-7-2-1-6(3-8(7)17)11(18)16-10-5-14-9(13)4-15-10/h1-5,17H,(H,15,16,18). The van der Waals surface area contributed by atoms with Crippen molar-refractivity contribution in [1.82, 2.24) is 9.97 Å². The van der Waals surface area contributed by atoms with E-state index in [1.165, 1.54) is 18.5 Å². The number of amides is 1. The Balaban J connectivity index is 2.16.